The lowest BCUT2D eigenvalue weighted by Gasteiger charge is -2.11. The minimum atomic E-state index is -0.660. The zero-order valence-electron chi connectivity index (χ0n) is 13.5. The van der Waals surface area contributed by atoms with E-state index in [-0.39, 0.29) is 16.2 Å². The predicted octanol–water partition coefficient (Wildman–Crippen LogP) is 2.38. The van der Waals surface area contributed by atoms with Crippen LogP contribution in [0.2, 0.25) is 0 Å². The molecule has 3 N–H and O–H groups in total. The van der Waals surface area contributed by atoms with Gasteiger partial charge in [0.05, 0.1) is 11.9 Å². The standard InChI is InChI=1S/C16H17FN4O3S/c1-2-3-4-13(22)20-18-9-12-14(23)19-16(25)21(15(12)24)11-7-5-10(17)6-8-11/h5-9,24H,2-4H2,1H3,(H,20,22)(H,19,23,25)/b18-9+. The number of hydrogen-bond donors (Lipinski definition) is 3. The van der Waals surface area contributed by atoms with E-state index in [0.29, 0.717) is 12.1 Å². The molecule has 2 aromatic rings. The van der Waals surface area contributed by atoms with Crippen molar-refractivity contribution in [2.45, 2.75) is 26.2 Å². The summed E-state index contributed by atoms with van der Waals surface area (Å²) in [6.45, 7) is 1.96. The minimum absolute atomic E-state index is 0.0572. The van der Waals surface area contributed by atoms with Crippen LogP contribution >= 0.6 is 12.2 Å². The molecule has 0 aliphatic rings. The summed E-state index contributed by atoms with van der Waals surface area (Å²) >= 11 is 5.04. The summed E-state index contributed by atoms with van der Waals surface area (Å²) in [5.41, 5.74) is 1.80. The molecule has 0 aliphatic heterocycles. The van der Waals surface area contributed by atoms with E-state index in [1.54, 1.807) is 0 Å². The molecule has 25 heavy (non-hydrogen) atoms. The summed E-state index contributed by atoms with van der Waals surface area (Å²) in [5.74, 6) is -1.21. The fourth-order valence-electron chi connectivity index (χ4n) is 2.05. The molecule has 0 saturated heterocycles. The number of amides is 1. The third kappa shape index (κ3) is 4.60. The largest absolute Gasteiger partial charge is 0.494 e. The second kappa shape index (κ2) is 8.34. The van der Waals surface area contributed by atoms with Crippen LogP contribution in [0.3, 0.4) is 0 Å². The molecule has 9 heteroatoms. The number of aromatic amines is 1. The lowest BCUT2D eigenvalue weighted by Crippen LogP contribution is -2.21. The molecular formula is C16H17FN4O3S. The van der Waals surface area contributed by atoms with Gasteiger partial charge in [-0.1, -0.05) is 13.3 Å². The first-order valence-electron chi connectivity index (χ1n) is 7.60. The van der Waals surface area contributed by atoms with Gasteiger partial charge in [0.15, 0.2) is 4.77 Å². The lowest BCUT2D eigenvalue weighted by molar-refractivity contribution is -0.121. The van der Waals surface area contributed by atoms with Crippen molar-refractivity contribution in [1.82, 2.24) is 15.0 Å². The molecule has 7 nitrogen and oxygen atoms in total. The number of nitrogens with zero attached hydrogens (tertiary/aromatic N) is 2. The molecule has 132 valence electrons. The van der Waals surface area contributed by atoms with Gasteiger partial charge in [-0.15, -0.1) is 0 Å². The molecule has 1 aromatic carbocycles. The van der Waals surface area contributed by atoms with Crippen LogP contribution in [-0.4, -0.2) is 26.8 Å². The fraction of sp³-hybridized carbons (Fsp3) is 0.250. The van der Waals surface area contributed by atoms with Crippen molar-refractivity contribution >= 4 is 24.3 Å². The SMILES string of the molecule is CCCCC(=O)N/N=C/c1c(O)n(-c2ccc(F)cc2)c(=S)[nH]c1=O. The van der Waals surface area contributed by atoms with E-state index in [1.165, 1.54) is 24.3 Å². The Morgan fingerprint density at radius 2 is 2.12 bits per heavy atom. The second-order valence-corrected chi connectivity index (χ2v) is 5.59. The highest BCUT2D eigenvalue weighted by molar-refractivity contribution is 7.71. The molecule has 0 bridgehead atoms. The van der Waals surface area contributed by atoms with Gasteiger partial charge in [0.2, 0.25) is 11.8 Å². The maximum atomic E-state index is 13.1. The third-order valence-corrected chi connectivity index (χ3v) is 3.63. The second-order valence-electron chi connectivity index (χ2n) is 5.21. The van der Waals surface area contributed by atoms with Crippen molar-refractivity contribution in [3.8, 4) is 11.6 Å². The number of unbranched alkanes of at least 4 members (excludes halogenated alkanes) is 1. The van der Waals surface area contributed by atoms with Gasteiger partial charge in [-0.05, 0) is 42.9 Å². The molecular weight excluding hydrogens is 347 g/mol. The summed E-state index contributed by atoms with van der Waals surface area (Å²) in [4.78, 5) is 25.9. The number of halogens is 1. The van der Waals surface area contributed by atoms with Crippen molar-refractivity contribution in [2.75, 3.05) is 0 Å². The van der Waals surface area contributed by atoms with E-state index in [0.717, 1.165) is 23.6 Å². The summed E-state index contributed by atoms with van der Waals surface area (Å²) in [7, 11) is 0. The van der Waals surface area contributed by atoms with E-state index in [4.69, 9.17) is 12.2 Å². The van der Waals surface area contributed by atoms with Crippen LogP contribution in [0.25, 0.3) is 5.69 Å². The molecule has 0 fully saturated rings. The van der Waals surface area contributed by atoms with Gasteiger partial charge in [0, 0.05) is 6.42 Å². The lowest BCUT2D eigenvalue weighted by atomic mass is 10.2. The van der Waals surface area contributed by atoms with Crippen molar-refractivity contribution < 1.29 is 14.3 Å². The molecule has 0 saturated carbocycles. The molecule has 0 spiro atoms. The fourth-order valence-corrected chi connectivity index (χ4v) is 2.33. The average molecular weight is 364 g/mol. The summed E-state index contributed by atoms with van der Waals surface area (Å²) in [6, 6.07) is 5.19. The highest BCUT2D eigenvalue weighted by Crippen LogP contribution is 2.18. The summed E-state index contributed by atoms with van der Waals surface area (Å²) in [6.07, 6.45) is 2.95. The summed E-state index contributed by atoms with van der Waals surface area (Å²) < 4.78 is 14.2. The van der Waals surface area contributed by atoms with Gasteiger partial charge < -0.3 is 5.11 Å². The minimum Gasteiger partial charge on any atom is -0.494 e. The first-order chi connectivity index (χ1) is 11.9. The monoisotopic (exact) mass is 364 g/mol. The van der Waals surface area contributed by atoms with Gasteiger partial charge in [0.25, 0.3) is 5.56 Å². The van der Waals surface area contributed by atoms with E-state index in [1.807, 2.05) is 6.92 Å². The molecule has 0 atom stereocenters. The van der Waals surface area contributed by atoms with E-state index >= 15 is 0 Å². The van der Waals surface area contributed by atoms with Crippen LogP contribution in [0.15, 0.2) is 34.2 Å². The Labute approximate surface area is 147 Å². The number of H-pyrrole nitrogens is 1. The Morgan fingerprint density at radius 3 is 2.76 bits per heavy atom. The topological polar surface area (TPSA) is 99.5 Å². The Hall–Kier alpha value is -2.81. The number of rotatable bonds is 6. The Morgan fingerprint density at radius 1 is 1.44 bits per heavy atom. The molecule has 1 aromatic heterocycles. The number of aromatic hydroxyl groups is 1. The van der Waals surface area contributed by atoms with Gasteiger partial charge in [0.1, 0.15) is 11.4 Å². The first-order valence-corrected chi connectivity index (χ1v) is 8.01. The van der Waals surface area contributed by atoms with Gasteiger partial charge >= 0.3 is 0 Å². The predicted molar refractivity (Wildman–Crippen MR) is 94.1 cm³/mol. The maximum Gasteiger partial charge on any atom is 0.264 e. The van der Waals surface area contributed by atoms with Crippen LogP contribution < -0.4 is 11.0 Å². The number of hydrazone groups is 1. The third-order valence-electron chi connectivity index (χ3n) is 3.35. The van der Waals surface area contributed by atoms with E-state index in [9.17, 15) is 19.1 Å². The van der Waals surface area contributed by atoms with E-state index < -0.39 is 17.3 Å². The number of hydrogen-bond acceptors (Lipinski definition) is 5. The van der Waals surface area contributed by atoms with Crippen LogP contribution in [0.1, 0.15) is 31.7 Å². The number of carbonyl (C=O) groups is 1. The van der Waals surface area contributed by atoms with Gasteiger partial charge in [-0.25, -0.2) is 9.82 Å². The quantitative estimate of drug-likeness (QED) is 0.416. The Kier molecular flexibility index (Phi) is 6.18. The molecule has 1 heterocycles. The van der Waals surface area contributed by atoms with Gasteiger partial charge in [-0.2, -0.15) is 5.10 Å². The van der Waals surface area contributed by atoms with Crippen LogP contribution in [0, 0.1) is 10.6 Å². The Balaban J connectivity index is 2.35. The highest BCUT2D eigenvalue weighted by atomic mass is 32.1. The molecule has 0 radical (unpaired) electrons. The van der Waals surface area contributed by atoms with Crippen molar-refractivity contribution in [3.05, 3.63) is 50.8 Å². The molecule has 0 aliphatic carbocycles. The molecule has 1 amide bonds. The zero-order chi connectivity index (χ0) is 18.4. The number of benzene rings is 1. The van der Waals surface area contributed by atoms with Crippen LogP contribution in [-0.2, 0) is 4.79 Å². The molecule has 2 rings (SSSR count). The van der Waals surface area contributed by atoms with Crippen molar-refractivity contribution in [1.29, 1.82) is 0 Å². The highest BCUT2D eigenvalue weighted by Gasteiger charge is 2.12. The summed E-state index contributed by atoms with van der Waals surface area (Å²) in [5, 5.41) is 14.0. The van der Waals surface area contributed by atoms with Crippen molar-refractivity contribution in [3.63, 3.8) is 0 Å². The average Bonchev–Trinajstić information content (AvgIpc) is 2.57. The maximum absolute atomic E-state index is 13.1. The van der Waals surface area contributed by atoms with Crippen LogP contribution in [0.4, 0.5) is 4.39 Å². The normalized spacial score (nSPS) is 11.0. The first kappa shape index (κ1) is 18.5. The Bertz CT molecular complexity index is 903. The zero-order valence-corrected chi connectivity index (χ0v) is 14.3. The van der Waals surface area contributed by atoms with E-state index in [2.05, 4.69) is 15.5 Å². The van der Waals surface area contributed by atoms with Crippen molar-refractivity contribution in [2.24, 2.45) is 5.10 Å². The smallest absolute Gasteiger partial charge is 0.264 e. The van der Waals surface area contributed by atoms with Crippen LogP contribution in [0.5, 0.6) is 5.88 Å². The number of carbonyl (C=O) groups excluding carboxylic acids is 1. The number of aromatic nitrogens is 2. The number of nitrogens with one attached hydrogen (secondary N) is 2. The molecule has 0 unspecified atom stereocenters. The van der Waals surface area contributed by atoms with Gasteiger partial charge in [-0.3, -0.25) is 19.1 Å².